The number of carbonyl (C=O) groups excluding carboxylic acids is 1. The lowest BCUT2D eigenvalue weighted by molar-refractivity contribution is 0.0956. The van der Waals surface area contributed by atoms with Crippen LogP contribution in [0.5, 0.6) is 11.5 Å². The van der Waals surface area contributed by atoms with Gasteiger partial charge in [0, 0.05) is 16.5 Å². The second-order valence-corrected chi connectivity index (χ2v) is 7.27. The minimum Gasteiger partial charge on any atom is -0.504 e. The molecular weight excluding hydrogens is 402 g/mol. The van der Waals surface area contributed by atoms with Crippen molar-refractivity contribution in [2.75, 3.05) is 6.61 Å². The van der Waals surface area contributed by atoms with E-state index in [9.17, 15) is 9.90 Å². The van der Waals surface area contributed by atoms with Crippen LogP contribution < -0.4 is 10.2 Å². The second-order valence-electron chi connectivity index (χ2n) is 7.27. The average molecular weight is 425 g/mol. The summed E-state index contributed by atoms with van der Waals surface area (Å²) in [4.78, 5) is 17.7. The molecule has 1 aromatic heterocycles. The lowest BCUT2D eigenvalue weighted by atomic mass is 10.0. The number of aromatic nitrogens is 1. The largest absolute Gasteiger partial charge is 0.504 e. The highest BCUT2D eigenvalue weighted by Crippen LogP contribution is 2.29. The Morgan fingerprint density at radius 1 is 1.09 bits per heavy atom. The Morgan fingerprint density at radius 2 is 1.91 bits per heavy atom. The van der Waals surface area contributed by atoms with Crippen molar-refractivity contribution in [1.82, 2.24) is 10.4 Å². The van der Waals surface area contributed by atoms with Crippen LogP contribution in [0.2, 0.25) is 0 Å². The summed E-state index contributed by atoms with van der Waals surface area (Å²) in [6.07, 6.45) is 1.39. The third-order valence-electron chi connectivity index (χ3n) is 4.97. The van der Waals surface area contributed by atoms with E-state index in [0.29, 0.717) is 29.2 Å². The molecule has 0 aliphatic carbocycles. The highest BCUT2D eigenvalue weighted by molar-refractivity contribution is 6.07. The maximum absolute atomic E-state index is 13.0. The number of hydrazone groups is 1. The van der Waals surface area contributed by atoms with Crippen LogP contribution in [0, 0.1) is 6.92 Å². The molecule has 0 unspecified atom stereocenters. The zero-order chi connectivity index (χ0) is 22.5. The van der Waals surface area contributed by atoms with Crippen LogP contribution in [-0.2, 0) is 0 Å². The monoisotopic (exact) mass is 425 g/mol. The molecule has 0 fully saturated rings. The molecule has 6 heteroatoms. The minimum atomic E-state index is -0.366. The van der Waals surface area contributed by atoms with Crippen molar-refractivity contribution in [3.05, 3.63) is 89.5 Å². The third-order valence-corrected chi connectivity index (χ3v) is 4.97. The van der Waals surface area contributed by atoms with Crippen LogP contribution in [0.1, 0.15) is 28.4 Å². The number of carbonyl (C=O) groups is 1. The van der Waals surface area contributed by atoms with Crippen LogP contribution in [0.3, 0.4) is 0 Å². The molecule has 0 aliphatic rings. The number of aromatic hydroxyl groups is 1. The molecule has 0 bridgehead atoms. The first-order valence-corrected chi connectivity index (χ1v) is 10.3. The first-order chi connectivity index (χ1) is 15.6. The number of nitrogens with one attached hydrogen (secondary N) is 1. The first kappa shape index (κ1) is 21.1. The van der Waals surface area contributed by atoms with Gasteiger partial charge >= 0.3 is 0 Å². The van der Waals surface area contributed by atoms with Gasteiger partial charge < -0.3 is 9.84 Å². The number of fused-ring (bicyclic) bond motifs is 1. The number of hydrogen-bond acceptors (Lipinski definition) is 5. The first-order valence-electron chi connectivity index (χ1n) is 10.3. The summed E-state index contributed by atoms with van der Waals surface area (Å²) in [7, 11) is 0. The van der Waals surface area contributed by atoms with Crippen molar-refractivity contribution < 1.29 is 14.6 Å². The van der Waals surface area contributed by atoms with Crippen LogP contribution in [0.4, 0.5) is 0 Å². The van der Waals surface area contributed by atoms with E-state index < -0.39 is 0 Å². The lowest BCUT2D eigenvalue weighted by Gasteiger charge is -2.10. The predicted molar refractivity (Wildman–Crippen MR) is 126 cm³/mol. The maximum Gasteiger partial charge on any atom is 0.272 e. The SMILES string of the molecule is CCOc1cccc(C=NNC(=O)c2cc(-c3cccc(C)c3)nc3ccccc23)c1O. The Bertz CT molecular complexity index is 1310. The summed E-state index contributed by atoms with van der Waals surface area (Å²) in [5.74, 6) is -0.0247. The molecule has 0 spiro atoms. The number of amides is 1. The fraction of sp³-hybridized carbons (Fsp3) is 0.115. The number of ether oxygens (including phenoxy) is 1. The Balaban J connectivity index is 1.65. The summed E-state index contributed by atoms with van der Waals surface area (Å²) in [6.45, 7) is 4.29. The van der Waals surface area contributed by atoms with Gasteiger partial charge in [-0.2, -0.15) is 5.10 Å². The topological polar surface area (TPSA) is 83.8 Å². The van der Waals surface area contributed by atoms with Crippen LogP contribution >= 0.6 is 0 Å². The number of nitrogens with zero attached hydrogens (tertiary/aromatic N) is 2. The van der Waals surface area contributed by atoms with Gasteiger partial charge in [-0.1, -0.05) is 48.0 Å². The normalized spacial score (nSPS) is 11.1. The minimum absolute atomic E-state index is 0.0246. The number of phenols is 1. The van der Waals surface area contributed by atoms with E-state index in [1.54, 1.807) is 24.3 Å². The average Bonchev–Trinajstić information content (AvgIpc) is 2.80. The molecule has 0 saturated heterocycles. The molecule has 32 heavy (non-hydrogen) atoms. The molecule has 1 heterocycles. The van der Waals surface area contributed by atoms with E-state index >= 15 is 0 Å². The molecule has 4 rings (SSSR count). The number of phenolic OH excluding ortho intramolecular Hbond substituents is 1. The Labute approximate surface area is 186 Å². The standard InChI is InChI=1S/C26H23N3O3/c1-3-32-24-13-7-10-19(25(24)30)16-27-29-26(31)21-15-23(18-9-6-8-17(2)14-18)28-22-12-5-4-11-20(21)22/h4-16,30H,3H2,1-2H3,(H,29,31). The predicted octanol–water partition coefficient (Wildman–Crippen LogP) is 5.08. The number of benzene rings is 3. The van der Waals surface area contributed by atoms with E-state index in [-0.39, 0.29) is 11.7 Å². The highest BCUT2D eigenvalue weighted by atomic mass is 16.5. The fourth-order valence-electron chi connectivity index (χ4n) is 3.45. The maximum atomic E-state index is 13.0. The second kappa shape index (κ2) is 9.31. The zero-order valence-corrected chi connectivity index (χ0v) is 17.9. The van der Waals surface area contributed by atoms with Crippen LogP contribution in [0.15, 0.2) is 77.9 Å². The Morgan fingerprint density at radius 3 is 2.72 bits per heavy atom. The molecule has 0 radical (unpaired) electrons. The van der Waals surface area contributed by atoms with Crippen molar-refractivity contribution >= 4 is 23.0 Å². The number of hydrogen-bond donors (Lipinski definition) is 2. The van der Waals surface area contributed by atoms with Crippen molar-refractivity contribution in [3.8, 4) is 22.8 Å². The molecule has 160 valence electrons. The van der Waals surface area contributed by atoms with Crippen molar-refractivity contribution in [2.24, 2.45) is 5.10 Å². The molecule has 4 aromatic rings. The van der Waals surface area contributed by atoms with Crippen LogP contribution in [0.25, 0.3) is 22.2 Å². The molecule has 3 aromatic carbocycles. The van der Waals surface area contributed by atoms with E-state index in [0.717, 1.165) is 22.0 Å². The molecule has 1 amide bonds. The fourth-order valence-corrected chi connectivity index (χ4v) is 3.45. The third kappa shape index (κ3) is 4.44. The van der Waals surface area contributed by atoms with Gasteiger partial charge in [-0.3, -0.25) is 4.79 Å². The van der Waals surface area contributed by atoms with E-state index in [2.05, 4.69) is 10.5 Å². The smallest absolute Gasteiger partial charge is 0.272 e. The number of rotatable bonds is 6. The van der Waals surface area contributed by atoms with E-state index in [1.807, 2.05) is 62.4 Å². The summed E-state index contributed by atoms with van der Waals surface area (Å²) >= 11 is 0. The zero-order valence-electron chi connectivity index (χ0n) is 17.9. The lowest BCUT2D eigenvalue weighted by Crippen LogP contribution is -2.18. The Kier molecular flexibility index (Phi) is 6.12. The van der Waals surface area contributed by atoms with Gasteiger partial charge in [0.05, 0.1) is 29.6 Å². The van der Waals surface area contributed by atoms with E-state index in [1.165, 1.54) is 6.21 Å². The molecule has 0 saturated carbocycles. The van der Waals surface area contributed by atoms with Gasteiger partial charge in [-0.15, -0.1) is 0 Å². The molecule has 0 aliphatic heterocycles. The van der Waals surface area contributed by atoms with Crippen molar-refractivity contribution in [2.45, 2.75) is 13.8 Å². The quantitative estimate of drug-likeness (QED) is 0.333. The number of para-hydroxylation sites is 2. The molecule has 0 atom stereocenters. The summed E-state index contributed by atoms with van der Waals surface area (Å²) < 4.78 is 5.38. The van der Waals surface area contributed by atoms with Gasteiger partial charge in [-0.25, -0.2) is 10.4 Å². The highest BCUT2D eigenvalue weighted by Gasteiger charge is 2.14. The van der Waals surface area contributed by atoms with Gasteiger partial charge in [0.1, 0.15) is 0 Å². The molecule has 6 nitrogen and oxygen atoms in total. The van der Waals surface area contributed by atoms with Gasteiger partial charge in [0.15, 0.2) is 11.5 Å². The summed E-state index contributed by atoms with van der Waals surface area (Å²) in [6, 6.07) is 22.4. The van der Waals surface area contributed by atoms with Crippen molar-refractivity contribution in [1.29, 1.82) is 0 Å². The number of pyridine rings is 1. The number of aryl methyl sites for hydroxylation is 1. The molecule has 2 N–H and O–H groups in total. The van der Waals surface area contributed by atoms with Gasteiger partial charge in [-0.05, 0) is 44.2 Å². The van der Waals surface area contributed by atoms with Crippen LogP contribution in [-0.4, -0.2) is 28.8 Å². The summed E-state index contributed by atoms with van der Waals surface area (Å²) in [5.41, 5.74) is 6.95. The molecular formula is C26H23N3O3. The Hall–Kier alpha value is -4.19. The van der Waals surface area contributed by atoms with Gasteiger partial charge in [0.25, 0.3) is 5.91 Å². The van der Waals surface area contributed by atoms with Gasteiger partial charge in [0.2, 0.25) is 0 Å². The van der Waals surface area contributed by atoms with Crippen molar-refractivity contribution in [3.63, 3.8) is 0 Å². The van der Waals surface area contributed by atoms with E-state index in [4.69, 9.17) is 9.72 Å². The summed E-state index contributed by atoms with van der Waals surface area (Å²) in [5, 5.41) is 15.1.